The zero-order valence-electron chi connectivity index (χ0n) is 10.1. The van der Waals surface area contributed by atoms with Crippen LogP contribution in [0.15, 0.2) is 36.9 Å². The number of aryl methyl sites for hydroxylation is 1. The predicted molar refractivity (Wildman–Crippen MR) is 66.5 cm³/mol. The van der Waals surface area contributed by atoms with Gasteiger partial charge in [0.2, 0.25) is 0 Å². The van der Waals surface area contributed by atoms with Gasteiger partial charge in [-0.1, -0.05) is 6.07 Å². The molecule has 0 aliphatic heterocycles. The van der Waals surface area contributed by atoms with E-state index in [1.165, 1.54) is 5.56 Å². The number of likely N-dealkylation sites (N-methyl/N-ethyl adjacent to an activating group) is 1. The van der Waals surface area contributed by atoms with Gasteiger partial charge in [0.15, 0.2) is 0 Å². The van der Waals surface area contributed by atoms with Crippen molar-refractivity contribution >= 4 is 0 Å². The maximum atomic E-state index is 4.35. The van der Waals surface area contributed by atoms with Crippen molar-refractivity contribution in [2.24, 2.45) is 0 Å². The highest BCUT2D eigenvalue weighted by atomic mass is 15.0. The summed E-state index contributed by atoms with van der Waals surface area (Å²) in [5, 5.41) is 3.23. The van der Waals surface area contributed by atoms with Crippen LogP contribution < -0.4 is 5.32 Å². The van der Waals surface area contributed by atoms with E-state index in [2.05, 4.69) is 26.3 Å². The van der Waals surface area contributed by atoms with Gasteiger partial charge >= 0.3 is 0 Å². The van der Waals surface area contributed by atoms with E-state index in [0.717, 1.165) is 17.8 Å². The van der Waals surface area contributed by atoms with Crippen LogP contribution in [0.2, 0.25) is 0 Å². The van der Waals surface area contributed by atoms with Gasteiger partial charge < -0.3 is 5.32 Å². The van der Waals surface area contributed by atoms with Crippen LogP contribution in [0.25, 0.3) is 0 Å². The Bertz CT molecular complexity index is 453. The third kappa shape index (κ3) is 3.07. The van der Waals surface area contributed by atoms with Crippen molar-refractivity contribution < 1.29 is 0 Å². The summed E-state index contributed by atoms with van der Waals surface area (Å²) in [5.74, 6) is 0.821. The maximum absolute atomic E-state index is 4.35. The third-order valence-electron chi connectivity index (χ3n) is 2.62. The molecule has 0 radical (unpaired) electrons. The molecule has 0 fully saturated rings. The molecule has 0 aromatic carbocycles. The third-order valence-corrected chi connectivity index (χ3v) is 2.62. The summed E-state index contributed by atoms with van der Waals surface area (Å²) >= 11 is 0. The summed E-state index contributed by atoms with van der Waals surface area (Å²) < 4.78 is 0. The topological polar surface area (TPSA) is 50.7 Å². The Balaban J connectivity index is 2.14. The lowest BCUT2D eigenvalue weighted by Crippen LogP contribution is -2.21. The molecule has 1 N–H and O–H groups in total. The fraction of sp³-hybridized carbons (Fsp3) is 0.308. The lowest BCUT2D eigenvalue weighted by Gasteiger charge is -2.14. The van der Waals surface area contributed by atoms with Gasteiger partial charge in [0.1, 0.15) is 5.82 Å². The Morgan fingerprint density at radius 3 is 2.59 bits per heavy atom. The van der Waals surface area contributed by atoms with Gasteiger partial charge in [0, 0.05) is 24.8 Å². The number of nitrogens with zero attached hydrogens (tertiary/aromatic N) is 3. The molecule has 2 aromatic heterocycles. The number of hydrogen-bond acceptors (Lipinski definition) is 4. The molecule has 2 aromatic rings. The van der Waals surface area contributed by atoms with E-state index in [4.69, 9.17) is 0 Å². The van der Waals surface area contributed by atoms with E-state index < -0.39 is 0 Å². The van der Waals surface area contributed by atoms with Crippen molar-refractivity contribution in [1.29, 1.82) is 0 Å². The SMILES string of the molecule is CNC(Cc1cccnc1)c1ncc(C)cn1. The van der Waals surface area contributed by atoms with E-state index >= 15 is 0 Å². The number of pyridine rings is 1. The molecule has 0 aliphatic rings. The van der Waals surface area contributed by atoms with Crippen LogP contribution in [0.1, 0.15) is 23.0 Å². The summed E-state index contributed by atoms with van der Waals surface area (Å²) in [6.07, 6.45) is 8.18. The van der Waals surface area contributed by atoms with Crippen LogP contribution in [0, 0.1) is 6.92 Å². The van der Waals surface area contributed by atoms with E-state index in [1.807, 2.05) is 38.6 Å². The van der Waals surface area contributed by atoms with E-state index in [1.54, 1.807) is 6.20 Å². The first-order valence-electron chi connectivity index (χ1n) is 5.64. The van der Waals surface area contributed by atoms with Crippen LogP contribution in [-0.2, 0) is 6.42 Å². The normalized spacial score (nSPS) is 12.4. The summed E-state index contributed by atoms with van der Waals surface area (Å²) in [6, 6.07) is 4.13. The Hall–Kier alpha value is -1.81. The minimum absolute atomic E-state index is 0.125. The molecule has 17 heavy (non-hydrogen) atoms. The fourth-order valence-corrected chi connectivity index (χ4v) is 1.66. The van der Waals surface area contributed by atoms with Gasteiger partial charge in [0.05, 0.1) is 6.04 Å². The Kier molecular flexibility index (Phi) is 3.77. The Morgan fingerprint density at radius 1 is 1.24 bits per heavy atom. The lowest BCUT2D eigenvalue weighted by molar-refractivity contribution is 0.556. The van der Waals surface area contributed by atoms with Gasteiger partial charge in [-0.15, -0.1) is 0 Å². The van der Waals surface area contributed by atoms with Crippen LogP contribution >= 0.6 is 0 Å². The van der Waals surface area contributed by atoms with Gasteiger partial charge in [-0.25, -0.2) is 9.97 Å². The van der Waals surface area contributed by atoms with Crippen LogP contribution in [0.4, 0.5) is 0 Å². The van der Waals surface area contributed by atoms with Gasteiger partial charge in [0.25, 0.3) is 0 Å². The molecule has 2 rings (SSSR count). The average Bonchev–Trinajstić information content (AvgIpc) is 2.38. The molecule has 0 aliphatic carbocycles. The minimum Gasteiger partial charge on any atom is -0.310 e. The first kappa shape index (κ1) is 11.7. The van der Waals surface area contributed by atoms with Gasteiger partial charge in [-0.05, 0) is 37.6 Å². The molecule has 88 valence electrons. The number of aromatic nitrogens is 3. The largest absolute Gasteiger partial charge is 0.310 e. The van der Waals surface area contributed by atoms with Crippen molar-refractivity contribution in [3.63, 3.8) is 0 Å². The van der Waals surface area contributed by atoms with E-state index in [-0.39, 0.29) is 6.04 Å². The number of rotatable bonds is 4. The Morgan fingerprint density at radius 2 is 2.00 bits per heavy atom. The fourth-order valence-electron chi connectivity index (χ4n) is 1.66. The zero-order chi connectivity index (χ0) is 12.1. The van der Waals surface area contributed by atoms with Crippen LogP contribution in [0.5, 0.6) is 0 Å². The highest BCUT2D eigenvalue weighted by molar-refractivity contribution is 5.13. The van der Waals surface area contributed by atoms with Crippen molar-refractivity contribution in [2.75, 3.05) is 7.05 Å². The molecule has 1 unspecified atom stereocenters. The molecule has 4 nitrogen and oxygen atoms in total. The second-order valence-corrected chi connectivity index (χ2v) is 4.03. The average molecular weight is 228 g/mol. The van der Waals surface area contributed by atoms with Crippen molar-refractivity contribution in [1.82, 2.24) is 20.3 Å². The first-order chi connectivity index (χ1) is 8.29. The number of nitrogens with one attached hydrogen (secondary N) is 1. The van der Waals surface area contributed by atoms with Gasteiger partial charge in [-0.3, -0.25) is 4.98 Å². The quantitative estimate of drug-likeness (QED) is 0.865. The first-order valence-corrected chi connectivity index (χ1v) is 5.64. The molecular weight excluding hydrogens is 212 g/mol. The molecule has 1 atom stereocenters. The highest BCUT2D eigenvalue weighted by Gasteiger charge is 2.12. The van der Waals surface area contributed by atoms with E-state index in [9.17, 15) is 0 Å². The molecule has 0 spiro atoms. The van der Waals surface area contributed by atoms with Crippen LogP contribution in [0.3, 0.4) is 0 Å². The summed E-state index contributed by atoms with van der Waals surface area (Å²) in [4.78, 5) is 12.8. The molecule has 0 saturated heterocycles. The molecule has 0 amide bonds. The second kappa shape index (κ2) is 5.50. The summed E-state index contributed by atoms with van der Waals surface area (Å²) in [6.45, 7) is 1.99. The lowest BCUT2D eigenvalue weighted by atomic mass is 10.1. The van der Waals surface area contributed by atoms with E-state index in [0.29, 0.717) is 0 Å². The monoisotopic (exact) mass is 228 g/mol. The molecule has 0 bridgehead atoms. The van der Waals surface area contributed by atoms with Gasteiger partial charge in [-0.2, -0.15) is 0 Å². The van der Waals surface area contributed by atoms with Crippen LogP contribution in [-0.4, -0.2) is 22.0 Å². The standard InChI is InChI=1S/C13H16N4/c1-10-7-16-13(17-8-10)12(14-2)6-11-4-3-5-15-9-11/h3-5,7-9,12,14H,6H2,1-2H3. The van der Waals surface area contributed by atoms with Crippen molar-refractivity contribution in [2.45, 2.75) is 19.4 Å². The summed E-state index contributed by atoms with van der Waals surface area (Å²) in [5.41, 5.74) is 2.25. The minimum atomic E-state index is 0.125. The summed E-state index contributed by atoms with van der Waals surface area (Å²) in [7, 11) is 1.92. The maximum Gasteiger partial charge on any atom is 0.145 e. The second-order valence-electron chi connectivity index (χ2n) is 4.03. The zero-order valence-corrected chi connectivity index (χ0v) is 10.1. The molecular formula is C13H16N4. The number of hydrogen-bond donors (Lipinski definition) is 1. The molecule has 2 heterocycles. The van der Waals surface area contributed by atoms with Crippen molar-refractivity contribution in [3.05, 3.63) is 53.9 Å². The smallest absolute Gasteiger partial charge is 0.145 e. The highest BCUT2D eigenvalue weighted by Crippen LogP contribution is 2.13. The molecule has 0 saturated carbocycles. The van der Waals surface area contributed by atoms with Crippen molar-refractivity contribution in [3.8, 4) is 0 Å². The molecule has 4 heteroatoms. The predicted octanol–water partition coefficient (Wildman–Crippen LogP) is 1.68. The Labute approximate surface area is 101 Å².